The zero-order valence-electron chi connectivity index (χ0n) is 18.0. The lowest BCUT2D eigenvalue weighted by Crippen LogP contribution is -2.60. The molecule has 0 amide bonds. The summed E-state index contributed by atoms with van der Waals surface area (Å²) >= 11 is 0. The van der Waals surface area contributed by atoms with Crippen LogP contribution < -0.4 is 14.9 Å². The Bertz CT molecular complexity index is 1320. The van der Waals surface area contributed by atoms with Crippen LogP contribution in [0.4, 0.5) is 0 Å². The Hall–Kier alpha value is -3.75. The number of hydrogen-bond donors (Lipinski definition) is 8. The molecule has 1 aromatic heterocycles. The number of ether oxygens (including phenoxy) is 3. The largest absolute Gasteiger partial charge is 0.504 e. The smallest absolute Gasteiger partial charge is 0.239 e. The van der Waals surface area contributed by atoms with Gasteiger partial charge in [-0.2, -0.15) is 0 Å². The maximum atomic E-state index is 13.4. The van der Waals surface area contributed by atoms with Gasteiger partial charge in [0.15, 0.2) is 28.8 Å². The molecule has 1 aliphatic rings. The maximum Gasteiger partial charge on any atom is 0.239 e. The monoisotopic (exact) mass is 494 g/mol. The molecule has 13 nitrogen and oxygen atoms in total. The number of methoxy groups -OCH3 is 1. The summed E-state index contributed by atoms with van der Waals surface area (Å²) in [4.78, 5) is 13.4. The van der Waals surface area contributed by atoms with Crippen LogP contribution in [-0.4, -0.2) is 85.3 Å². The Kier molecular flexibility index (Phi) is 6.36. The quantitative estimate of drug-likeness (QED) is 0.209. The number of phenols is 4. The zero-order valence-corrected chi connectivity index (χ0v) is 18.0. The minimum atomic E-state index is -1.88. The molecule has 1 aliphatic heterocycles. The molecule has 5 atom stereocenters. The predicted octanol–water partition coefficient (Wildman–Crippen LogP) is -0.530. The lowest BCUT2D eigenvalue weighted by Gasteiger charge is -2.39. The van der Waals surface area contributed by atoms with Crippen LogP contribution in [0.15, 0.2) is 33.5 Å². The van der Waals surface area contributed by atoms with Crippen LogP contribution in [0, 0.1) is 0 Å². The molecule has 0 spiro atoms. The predicted molar refractivity (Wildman–Crippen MR) is 116 cm³/mol. The van der Waals surface area contributed by atoms with Gasteiger partial charge in [-0.3, -0.25) is 4.79 Å². The minimum absolute atomic E-state index is 0.0135. The molecule has 0 saturated carbocycles. The fourth-order valence-electron chi connectivity index (χ4n) is 3.69. The first-order chi connectivity index (χ1) is 16.6. The number of phenolic OH excluding ortho intramolecular Hbond substituents is 4. The highest BCUT2D eigenvalue weighted by Gasteiger charge is 2.45. The van der Waals surface area contributed by atoms with E-state index in [1.807, 2.05) is 0 Å². The molecule has 8 N–H and O–H groups in total. The van der Waals surface area contributed by atoms with Gasteiger partial charge < -0.3 is 59.5 Å². The molecule has 1 saturated heterocycles. The molecule has 188 valence electrons. The molecular weight excluding hydrogens is 472 g/mol. The molecule has 4 rings (SSSR count). The van der Waals surface area contributed by atoms with Gasteiger partial charge in [-0.25, -0.2) is 0 Å². The second-order valence-electron chi connectivity index (χ2n) is 7.76. The summed E-state index contributed by atoms with van der Waals surface area (Å²) < 4.78 is 21.6. The minimum Gasteiger partial charge on any atom is -0.504 e. The van der Waals surface area contributed by atoms with E-state index in [9.17, 15) is 45.6 Å². The van der Waals surface area contributed by atoms with Crippen molar-refractivity contribution in [3.8, 4) is 45.8 Å². The first kappa shape index (κ1) is 24.4. The summed E-state index contributed by atoms with van der Waals surface area (Å²) in [7, 11) is 1.28. The topological polar surface area (TPSA) is 220 Å². The third kappa shape index (κ3) is 4.05. The first-order valence-electron chi connectivity index (χ1n) is 10.2. The molecule has 3 aromatic rings. The summed E-state index contributed by atoms with van der Waals surface area (Å²) in [6.45, 7) is -0.757. The van der Waals surface area contributed by atoms with E-state index in [1.54, 1.807) is 0 Å². The van der Waals surface area contributed by atoms with Crippen molar-refractivity contribution in [3.05, 3.63) is 34.5 Å². The van der Waals surface area contributed by atoms with Crippen molar-refractivity contribution in [2.75, 3.05) is 13.7 Å². The number of rotatable bonds is 5. The summed E-state index contributed by atoms with van der Waals surface area (Å²) in [6.07, 6.45) is -8.53. The van der Waals surface area contributed by atoms with Gasteiger partial charge in [0.05, 0.1) is 13.7 Å². The Morgan fingerprint density at radius 1 is 0.943 bits per heavy atom. The van der Waals surface area contributed by atoms with Crippen molar-refractivity contribution < 1.29 is 59.5 Å². The van der Waals surface area contributed by atoms with Crippen molar-refractivity contribution in [1.82, 2.24) is 0 Å². The van der Waals surface area contributed by atoms with Crippen LogP contribution in [0.25, 0.3) is 22.3 Å². The van der Waals surface area contributed by atoms with E-state index >= 15 is 0 Å². The number of fused-ring (bicyclic) bond motifs is 1. The van der Waals surface area contributed by atoms with Crippen molar-refractivity contribution in [3.63, 3.8) is 0 Å². The van der Waals surface area contributed by atoms with Crippen molar-refractivity contribution in [1.29, 1.82) is 0 Å². The van der Waals surface area contributed by atoms with Crippen LogP contribution in [0.1, 0.15) is 0 Å². The molecule has 2 aromatic carbocycles. The van der Waals surface area contributed by atoms with Crippen LogP contribution >= 0.6 is 0 Å². The molecule has 0 radical (unpaired) electrons. The average Bonchev–Trinajstić information content (AvgIpc) is 2.84. The third-order valence-corrected chi connectivity index (χ3v) is 5.59. The molecule has 0 bridgehead atoms. The second-order valence-corrected chi connectivity index (χ2v) is 7.76. The fourth-order valence-corrected chi connectivity index (χ4v) is 3.69. The maximum absolute atomic E-state index is 13.4. The van der Waals surface area contributed by atoms with Gasteiger partial charge in [-0.1, -0.05) is 0 Å². The summed E-state index contributed by atoms with van der Waals surface area (Å²) in [6, 6.07) is 4.70. The van der Waals surface area contributed by atoms with Crippen LogP contribution in [0.2, 0.25) is 0 Å². The molecule has 0 aliphatic carbocycles. The van der Waals surface area contributed by atoms with Crippen LogP contribution in [-0.2, 0) is 4.74 Å². The molecule has 35 heavy (non-hydrogen) atoms. The fraction of sp³-hybridized carbons (Fsp3) is 0.318. The molecule has 2 unspecified atom stereocenters. The number of aliphatic hydroxyl groups excluding tert-OH is 4. The van der Waals surface area contributed by atoms with E-state index in [1.165, 1.54) is 25.3 Å². The lowest BCUT2D eigenvalue weighted by molar-refractivity contribution is -0.277. The second kappa shape index (κ2) is 9.13. The van der Waals surface area contributed by atoms with E-state index in [0.717, 1.165) is 6.07 Å². The Labute approximate surface area is 195 Å². The van der Waals surface area contributed by atoms with Crippen LogP contribution in [0.5, 0.6) is 34.5 Å². The summed E-state index contributed by atoms with van der Waals surface area (Å²) in [5, 5.41) is 79.2. The molecule has 13 heteroatoms. The number of hydrogen-bond acceptors (Lipinski definition) is 13. The Balaban J connectivity index is 1.95. The summed E-state index contributed by atoms with van der Waals surface area (Å²) in [5.74, 6) is -4.05. The van der Waals surface area contributed by atoms with Gasteiger partial charge in [0.1, 0.15) is 35.4 Å². The first-order valence-corrected chi connectivity index (χ1v) is 10.2. The standard InChI is InChI=1S/C22H22O13/c1-32-10-4-7(2-3-8(10)24)20-21(35-22-19(31)18(30)15(27)12(6-23)34-22)17(29)13-11(33-20)5-9(25)14(26)16(13)28/h2-5,12,15,18-19,22-28,30-31H,6H2,1H3/t12-,15+,18?,19?,22-/m1/s1. The van der Waals surface area contributed by atoms with E-state index < -0.39 is 71.1 Å². The Morgan fingerprint density at radius 3 is 2.31 bits per heavy atom. The van der Waals surface area contributed by atoms with Gasteiger partial charge in [-0.15, -0.1) is 0 Å². The van der Waals surface area contributed by atoms with E-state index in [0.29, 0.717) is 0 Å². The molecule has 2 heterocycles. The number of aromatic hydroxyl groups is 4. The average molecular weight is 494 g/mol. The van der Waals surface area contributed by atoms with E-state index in [2.05, 4.69) is 0 Å². The molecular formula is C22H22O13. The SMILES string of the molecule is COc1cc(-c2oc3cc(O)c(O)c(O)c3c(=O)c2O[C@H]2O[C@H](CO)[C@H](O)C(O)C2O)ccc1O. The summed E-state index contributed by atoms with van der Waals surface area (Å²) in [5.41, 5.74) is -1.32. The van der Waals surface area contributed by atoms with Gasteiger partial charge in [-0.05, 0) is 18.2 Å². The highest BCUT2D eigenvalue weighted by atomic mass is 16.7. The van der Waals surface area contributed by atoms with Gasteiger partial charge in [0, 0.05) is 11.6 Å². The Morgan fingerprint density at radius 2 is 1.66 bits per heavy atom. The van der Waals surface area contributed by atoms with Crippen molar-refractivity contribution in [2.45, 2.75) is 30.7 Å². The third-order valence-electron chi connectivity index (χ3n) is 5.59. The van der Waals surface area contributed by atoms with Gasteiger partial charge in [0.2, 0.25) is 23.2 Å². The van der Waals surface area contributed by atoms with Gasteiger partial charge >= 0.3 is 0 Å². The highest BCUT2D eigenvalue weighted by Crippen LogP contribution is 2.43. The normalized spacial score (nSPS) is 24.4. The van der Waals surface area contributed by atoms with Crippen LogP contribution in [0.3, 0.4) is 0 Å². The highest BCUT2D eigenvalue weighted by molar-refractivity contribution is 5.91. The zero-order chi connectivity index (χ0) is 25.6. The van der Waals surface area contributed by atoms with Crippen molar-refractivity contribution in [2.24, 2.45) is 0 Å². The lowest BCUT2D eigenvalue weighted by atomic mass is 9.99. The number of benzene rings is 2. The van der Waals surface area contributed by atoms with E-state index in [4.69, 9.17) is 18.6 Å². The van der Waals surface area contributed by atoms with Crippen molar-refractivity contribution >= 4 is 11.0 Å². The van der Waals surface area contributed by atoms with E-state index in [-0.39, 0.29) is 28.4 Å². The molecule has 1 fully saturated rings. The number of aliphatic hydroxyl groups is 4. The van der Waals surface area contributed by atoms with Gasteiger partial charge in [0.25, 0.3) is 0 Å².